The highest BCUT2D eigenvalue weighted by atomic mass is 79.9. The molecule has 0 aliphatic carbocycles. The normalized spacial score (nSPS) is 15.4. The Labute approximate surface area is 162 Å². The first-order valence-electron chi connectivity index (χ1n) is 7.62. The summed E-state index contributed by atoms with van der Waals surface area (Å²) in [6, 6.07) is 12.7. The van der Waals surface area contributed by atoms with Gasteiger partial charge in [-0.1, -0.05) is 28.1 Å². The molecule has 0 spiro atoms. The number of hydrogen-bond donors (Lipinski definition) is 1. The van der Waals surface area contributed by atoms with Gasteiger partial charge in [0.15, 0.2) is 6.61 Å². The molecule has 0 bridgehead atoms. The van der Waals surface area contributed by atoms with Crippen molar-refractivity contribution in [3.8, 4) is 5.75 Å². The van der Waals surface area contributed by atoms with Crippen molar-refractivity contribution in [1.29, 1.82) is 0 Å². The molecule has 130 valence electrons. The average Bonchev–Trinajstić information content (AvgIpc) is 2.54. The van der Waals surface area contributed by atoms with Crippen LogP contribution in [0.5, 0.6) is 5.75 Å². The van der Waals surface area contributed by atoms with Crippen LogP contribution in [0.4, 0.5) is 11.4 Å². The second kappa shape index (κ2) is 6.80. The second-order valence-electron chi connectivity index (χ2n) is 6.12. The Morgan fingerprint density at radius 1 is 1.20 bits per heavy atom. The van der Waals surface area contributed by atoms with E-state index in [-0.39, 0.29) is 18.4 Å². The smallest absolute Gasteiger partial charge is 0.265 e. The Morgan fingerprint density at radius 2 is 1.92 bits per heavy atom. The quantitative estimate of drug-likeness (QED) is 0.729. The van der Waals surface area contributed by atoms with Gasteiger partial charge in [0.1, 0.15) is 11.3 Å². The van der Waals surface area contributed by atoms with Crippen molar-refractivity contribution in [3.63, 3.8) is 0 Å². The van der Waals surface area contributed by atoms with Crippen LogP contribution in [0.2, 0.25) is 0 Å². The highest BCUT2D eigenvalue weighted by Gasteiger charge is 2.43. The van der Waals surface area contributed by atoms with Crippen molar-refractivity contribution < 1.29 is 14.3 Å². The van der Waals surface area contributed by atoms with Crippen molar-refractivity contribution in [2.24, 2.45) is 0 Å². The van der Waals surface area contributed by atoms with Crippen LogP contribution in [0.15, 0.2) is 51.4 Å². The van der Waals surface area contributed by atoms with Gasteiger partial charge < -0.3 is 10.1 Å². The molecule has 0 unspecified atom stereocenters. The van der Waals surface area contributed by atoms with Crippen molar-refractivity contribution in [3.05, 3.63) is 51.4 Å². The van der Waals surface area contributed by atoms with Crippen LogP contribution < -0.4 is 15.0 Å². The summed E-state index contributed by atoms with van der Waals surface area (Å²) in [5, 5.41) is 2.84. The molecular formula is C18H16Br2N2O3. The molecule has 2 amide bonds. The molecule has 0 aromatic heterocycles. The number of hydrogen-bond acceptors (Lipinski definition) is 3. The summed E-state index contributed by atoms with van der Waals surface area (Å²) in [4.78, 5) is 26.8. The summed E-state index contributed by atoms with van der Waals surface area (Å²) in [6.07, 6.45) is 0. The van der Waals surface area contributed by atoms with E-state index >= 15 is 0 Å². The SMILES string of the molecule is CC1(C)C(=O)Nc2ccccc2N1C(=O)COc1ccc(Br)cc1Br. The minimum absolute atomic E-state index is 0.175. The second-order valence-corrected chi connectivity index (χ2v) is 7.89. The van der Waals surface area contributed by atoms with Gasteiger partial charge in [-0.3, -0.25) is 14.5 Å². The first-order chi connectivity index (χ1) is 11.8. The number of anilines is 2. The first-order valence-corrected chi connectivity index (χ1v) is 9.20. The number of fused-ring (bicyclic) bond motifs is 1. The van der Waals surface area contributed by atoms with E-state index in [0.29, 0.717) is 17.1 Å². The fraction of sp³-hybridized carbons (Fsp3) is 0.222. The molecule has 0 saturated carbocycles. The summed E-state index contributed by atoms with van der Waals surface area (Å²) >= 11 is 6.78. The Hall–Kier alpha value is -1.86. The van der Waals surface area contributed by atoms with Crippen molar-refractivity contribution in [2.45, 2.75) is 19.4 Å². The molecule has 7 heteroatoms. The summed E-state index contributed by atoms with van der Waals surface area (Å²) in [5.41, 5.74) is 0.270. The van der Waals surface area contributed by atoms with Crippen LogP contribution in [-0.4, -0.2) is 24.0 Å². The predicted octanol–water partition coefficient (Wildman–Crippen LogP) is 4.35. The van der Waals surface area contributed by atoms with Gasteiger partial charge in [0.25, 0.3) is 5.91 Å². The summed E-state index contributed by atoms with van der Waals surface area (Å²) in [6.45, 7) is 3.25. The zero-order valence-electron chi connectivity index (χ0n) is 13.7. The predicted molar refractivity (Wildman–Crippen MR) is 104 cm³/mol. The fourth-order valence-electron chi connectivity index (χ4n) is 2.69. The largest absolute Gasteiger partial charge is 0.483 e. The van der Waals surface area contributed by atoms with Gasteiger partial charge in [0, 0.05) is 4.47 Å². The highest BCUT2D eigenvalue weighted by Crippen LogP contribution is 2.37. The summed E-state index contributed by atoms with van der Waals surface area (Å²) in [5.74, 6) is 0.0376. The van der Waals surface area contributed by atoms with E-state index in [4.69, 9.17) is 4.74 Å². The Kier molecular flexibility index (Phi) is 4.88. The van der Waals surface area contributed by atoms with Gasteiger partial charge in [0.2, 0.25) is 5.91 Å². The fourth-order valence-corrected chi connectivity index (χ4v) is 3.86. The van der Waals surface area contributed by atoms with E-state index in [1.54, 1.807) is 26.0 Å². The van der Waals surface area contributed by atoms with Gasteiger partial charge in [-0.05, 0) is 60.1 Å². The lowest BCUT2D eigenvalue weighted by Crippen LogP contribution is -2.59. The van der Waals surface area contributed by atoms with E-state index in [0.717, 1.165) is 8.95 Å². The molecular weight excluding hydrogens is 452 g/mol. The van der Waals surface area contributed by atoms with Crippen LogP contribution in [0.25, 0.3) is 0 Å². The number of benzene rings is 2. The lowest BCUT2D eigenvalue weighted by atomic mass is 9.96. The van der Waals surface area contributed by atoms with Gasteiger partial charge in [0.05, 0.1) is 15.8 Å². The third-order valence-corrected chi connectivity index (χ3v) is 5.12. The number of nitrogens with one attached hydrogen (secondary N) is 1. The van der Waals surface area contributed by atoms with Crippen LogP contribution in [0.3, 0.4) is 0 Å². The Bertz CT molecular complexity index is 852. The van der Waals surface area contributed by atoms with E-state index in [1.165, 1.54) is 4.90 Å². The number of halogens is 2. The molecule has 2 aromatic rings. The molecule has 0 radical (unpaired) electrons. The molecule has 2 aromatic carbocycles. The molecule has 0 fully saturated rings. The van der Waals surface area contributed by atoms with Crippen LogP contribution in [0.1, 0.15) is 13.8 Å². The van der Waals surface area contributed by atoms with Gasteiger partial charge in [-0.15, -0.1) is 0 Å². The maximum absolute atomic E-state index is 12.9. The molecule has 1 aliphatic rings. The minimum Gasteiger partial charge on any atom is -0.483 e. The number of nitrogens with zero attached hydrogens (tertiary/aromatic N) is 1. The van der Waals surface area contributed by atoms with Crippen LogP contribution in [0, 0.1) is 0 Å². The number of amides is 2. The Morgan fingerprint density at radius 3 is 2.64 bits per heavy atom. The maximum Gasteiger partial charge on any atom is 0.265 e. The van der Waals surface area contributed by atoms with Crippen molar-refractivity contribution in [1.82, 2.24) is 0 Å². The molecule has 5 nitrogen and oxygen atoms in total. The molecule has 1 heterocycles. The zero-order chi connectivity index (χ0) is 18.2. The summed E-state index contributed by atoms with van der Waals surface area (Å²) in [7, 11) is 0. The lowest BCUT2D eigenvalue weighted by Gasteiger charge is -2.41. The average molecular weight is 468 g/mol. The highest BCUT2D eigenvalue weighted by molar-refractivity contribution is 9.11. The summed E-state index contributed by atoms with van der Waals surface area (Å²) < 4.78 is 7.30. The number of para-hydroxylation sites is 2. The molecule has 1 aliphatic heterocycles. The zero-order valence-corrected chi connectivity index (χ0v) is 16.8. The van der Waals surface area contributed by atoms with Crippen LogP contribution in [-0.2, 0) is 9.59 Å². The number of rotatable bonds is 3. The van der Waals surface area contributed by atoms with Gasteiger partial charge in [-0.25, -0.2) is 0 Å². The minimum atomic E-state index is -1.01. The number of carbonyl (C=O) groups is 2. The van der Waals surface area contributed by atoms with Gasteiger partial charge in [-0.2, -0.15) is 0 Å². The standard InChI is InChI=1S/C18H16Br2N2O3/c1-18(2)17(24)21-13-5-3-4-6-14(13)22(18)16(23)10-25-15-8-7-11(19)9-12(15)20/h3-9H,10H2,1-2H3,(H,21,24). The van der Waals surface area contributed by atoms with E-state index in [1.807, 2.05) is 30.3 Å². The number of carbonyl (C=O) groups excluding carboxylic acids is 2. The Balaban J connectivity index is 1.86. The first kappa shape index (κ1) is 17.9. The molecule has 0 saturated heterocycles. The van der Waals surface area contributed by atoms with E-state index < -0.39 is 5.54 Å². The molecule has 0 atom stereocenters. The maximum atomic E-state index is 12.9. The topological polar surface area (TPSA) is 58.6 Å². The van der Waals surface area contributed by atoms with Crippen LogP contribution >= 0.6 is 31.9 Å². The monoisotopic (exact) mass is 466 g/mol. The van der Waals surface area contributed by atoms with Crippen molar-refractivity contribution >= 4 is 55.0 Å². The molecule has 3 rings (SSSR count). The van der Waals surface area contributed by atoms with E-state index in [2.05, 4.69) is 37.2 Å². The van der Waals surface area contributed by atoms with Gasteiger partial charge >= 0.3 is 0 Å². The van der Waals surface area contributed by atoms with Crippen molar-refractivity contribution in [2.75, 3.05) is 16.8 Å². The third kappa shape index (κ3) is 3.43. The third-order valence-electron chi connectivity index (χ3n) is 4.00. The number of ether oxygens (including phenoxy) is 1. The molecule has 1 N–H and O–H groups in total. The van der Waals surface area contributed by atoms with E-state index in [9.17, 15) is 9.59 Å². The molecule has 25 heavy (non-hydrogen) atoms. The lowest BCUT2D eigenvalue weighted by molar-refractivity contribution is -0.127.